The van der Waals surface area contributed by atoms with Crippen LogP contribution >= 0.6 is 11.6 Å². The Morgan fingerprint density at radius 3 is 2.27 bits per heavy atom. The van der Waals surface area contributed by atoms with Crippen molar-refractivity contribution in [2.24, 2.45) is 0 Å². The molecule has 30 heavy (non-hydrogen) atoms. The molecule has 6 nitrogen and oxygen atoms in total. The molecule has 0 bridgehead atoms. The summed E-state index contributed by atoms with van der Waals surface area (Å²) < 4.78 is 10.9. The van der Waals surface area contributed by atoms with E-state index in [-0.39, 0.29) is 18.2 Å². The monoisotopic (exact) mass is 432 g/mol. The fourth-order valence-electron chi connectivity index (χ4n) is 3.10. The maximum atomic E-state index is 13.0. The van der Waals surface area contributed by atoms with E-state index in [0.29, 0.717) is 36.8 Å². The summed E-state index contributed by atoms with van der Waals surface area (Å²) in [6, 6.07) is 14.1. The third kappa shape index (κ3) is 6.95. The van der Waals surface area contributed by atoms with Crippen molar-refractivity contribution < 1.29 is 19.1 Å². The van der Waals surface area contributed by atoms with Gasteiger partial charge in [-0.05, 0) is 54.8 Å². The van der Waals surface area contributed by atoms with Gasteiger partial charge in [0.15, 0.2) is 0 Å². The Morgan fingerprint density at radius 2 is 1.70 bits per heavy atom. The number of ether oxygens (including phenoxy) is 2. The second-order valence-corrected chi connectivity index (χ2v) is 7.25. The summed E-state index contributed by atoms with van der Waals surface area (Å²) in [5.41, 5.74) is 0.934. The van der Waals surface area contributed by atoms with Gasteiger partial charge in [0.05, 0.1) is 13.7 Å². The lowest BCUT2D eigenvalue weighted by Crippen LogP contribution is -2.48. The Hall–Kier alpha value is -2.73. The van der Waals surface area contributed by atoms with E-state index in [1.54, 1.807) is 43.3 Å². The van der Waals surface area contributed by atoms with Crippen LogP contribution in [0.4, 0.5) is 0 Å². The summed E-state index contributed by atoms with van der Waals surface area (Å²) >= 11 is 5.87. The van der Waals surface area contributed by atoms with Crippen LogP contribution in [0.1, 0.15) is 31.7 Å². The van der Waals surface area contributed by atoms with Gasteiger partial charge in [-0.2, -0.15) is 0 Å². The number of halogens is 1. The molecule has 2 aromatic carbocycles. The SMILES string of the molecule is CC[C@H](C(=O)NC)N(Cc1ccc(OC)cc1)C(=O)CCCOc1ccc(Cl)cc1. The molecule has 0 aromatic heterocycles. The van der Waals surface area contributed by atoms with Gasteiger partial charge in [-0.25, -0.2) is 0 Å². The first-order chi connectivity index (χ1) is 14.5. The highest BCUT2D eigenvalue weighted by Gasteiger charge is 2.27. The molecular weight excluding hydrogens is 404 g/mol. The molecule has 162 valence electrons. The maximum absolute atomic E-state index is 13.0. The van der Waals surface area contributed by atoms with E-state index in [9.17, 15) is 9.59 Å². The molecular formula is C23H29ClN2O4. The van der Waals surface area contributed by atoms with Crippen molar-refractivity contribution in [2.45, 2.75) is 38.8 Å². The minimum atomic E-state index is -0.526. The topological polar surface area (TPSA) is 67.9 Å². The van der Waals surface area contributed by atoms with E-state index in [4.69, 9.17) is 21.1 Å². The maximum Gasteiger partial charge on any atom is 0.242 e. The Morgan fingerprint density at radius 1 is 1.07 bits per heavy atom. The van der Waals surface area contributed by atoms with Crippen LogP contribution in [-0.2, 0) is 16.1 Å². The standard InChI is InChI=1S/C23H29ClN2O4/c1-4-21(23(28)25-2)26(16-17-7-11-19(29-3)12-8-17)22(27)6-5-15-30-20-13-9-18(24)10-14-20/h7-14,21H,4-6,15-16H2,1-3H3,(H,25,28)/t21-/m1/s1. The van der Waals surface area contributed by atoms with E-state index in [1.165, 1.54) is 0 Å². The molecule has 0 saturated carbocycles. The molecule has 0 aliphatic carbocycles. The zero-order valence-corrected chi connectivity index (χ0v) is 18.4. The Kier molecular flexibility index (Phi) is 9.48. The molecule has 0 fully saturated rings. The number of likely N-dealkylation sites (N-methyl/N-ethyl adjacent to an activating group) is 1. The average Bonchev–Trinajstić information content (AvgIpc) is 2.77. The van der Waals surface area contributed by atoms with Crippen LogP contribution in [0, 0.1) is 0 Å². The summed E-state index contributed by atoms with van der Waals surface area (Å²) in [6.45, 7) is 2.66. The first kappa shape index (κ1) is 23.5. The van der Waals surface area contributed by atoms with Gasteiger partial charge in [0.25, 0.3) is 0 Å². The third-order valence-electron chi connectivity index (χ3n) is 4.76. The van der Waals surface area contributed by atoms with E-state index in [1.807, 2.05) is 31.2 Å². The molecule has 0 aliphatic heterocycles. The van der Waals surface area contributed by atoms with Gasteiger partial charge in [-0.1, -0.05) is 30.7 Å². The normalized spacial score (nSPS) is 11.5. The molecule has 2 amide bonds. The lowest BCUT2D eigenvalue weighted by Gasteiger charge is -2.30. The zero-order valence-electron chi connectivity index (χ0n) is 17.7. The number of nitrogens with zero attached hydrogens (tertiary/aromatic N) is 1. The Balaban J connectivity index is 2.01. The van der Waals surface area contributed by atoms with Crippen LogP contribution in [-0.4, -0.2) is 43.5 Å². The number of carbonyl (C=O) groups is 2. The number of rotatable bonds is 11. The molecule has 2 aromatic rings. The van der Waals surface area contributed by atoms with Crippen LogP contribution in [0.5, 0.6) is 11.5 Å². The summed E-state index contributed by atoms with van der Waals surface area (Å²) in [5.74, 6) is 1.20. The molecule has 0 spiro atoms. The molecule has 0 aliphatic rings. The van der Waals surface area contributed by atoms with E-state index < -0.39 is 6.04 Å². The average molecular weight is 433 g/mol. The van der Waals surface area contributed by atoms with Crippen LogP contribution in [0.15, 0.2) is 48.5 Å². The first-order valence-corrected chi connectivity index (χ1v) is 10.4. The predicted molar refractivity (Wildman–Crippen MR) is 118 cm³/mol. The summed E-state index contributed by atoms with van der Waals surface area (Å²) in [5, 5.41) is 3.31. The number of benzene rings is 2. The second kappa shape index (κ2) is 12.1. The molecule has 1 N–H and O–H groups in total. The molecule has 0 unspecified atom stereocenters. The molecule has 7 heteroatoms. The number of nitrogens with one attached hydrogen (secondary N) is 1. The lowest BCUT2D eigenvalue weighted by molar-refractivity contribution is -0.141. The number of hydrogen-bond donors (Lipinski definition) is 1. The fourth-order valence-corrected chi connectivity index (χ4v) is 3.23. The van der Waals surface area contributed by atoms with Gasteiger partial charge in [0.1, 0.15) is 17.5 Å². The molecule has 0 saturated heterocycles. The van der Waals surface area contributed by atoms with Crippen molar-refractivity contribution >= 4 is 23.4 Å². The van der Waals surface area contributed by atoms with Crippen molar-refractivity contribution in [2.75, 3.05) is 20.8 Å². The number of carbonyl (C=O) groups excluding carboxylic acids is 2. The van der Waals surface area contributed by atoms with E-state index >= 15 is 0 Å². The minimum absolute atomic E-state index is 0.0824. The summed E-state index contributed by atoms with van der Waals surface area (Å²) in [4.78, 5) is 27.0. The van der Waals surface area contributed by atoms with Crippen LogP contribution in [0.3, 0.4) is 0 Å². The minimum Gasteiger partial charge on any atom is -0.497 e. The van der Waals surface area contributed by atoms with Gasteiger partial charge in [0, 0.05) is 25.0 Å². The molecule has 1 atom stereocenters. The zero-order chi connectivity index (χ0) is 21.9. The predicted octanol–water partition coefficient (Wildman–Crippen LogP) is 4.06. The highest BCUT2D eigenvalue weighted by atomic mass is 35.5. The van der Waals surface area contributed by atoms with Gasteiger partial charge >= 0.3 is 0 Å². The van der Waals surface area contributed by atoms with Gasteiger partial charge in [-0.15, -0.1) is 0 Å². The number of amides is 2. The van der Waals surface area contributed by atoms with Gasteiger partial charge in [-0.3, -0.25) is 9.59 Å². The highest BCUT2D eigenvalue weighted by Crippen LogP contribution is 2.18. The highest BCUT2D eigenvalue weighted by molar-refractivity contribution is 6.30. The van der Waals surface area contributed by atoms with Crippen molar-refractivity contribution in [3.63, 3.8) is 0 Å². The number of hydrogen-bond acceptors (Lipinski definition) is 4. The van der Waals surface area contributed by atoms with Crippen molar-refractivity contribution in [3.8, 4) is 11.5 Å². The Labute approximate surface area is 183 Å². The summed E-state index contributed by atoms with van der Waals surface area (Å²) in [6.07, 6.45) is 1.37. The Bertz CT molecular complexity index is 809. The largest absolute Gasteiger partial charge is 0.497 e. The fraction of sp³-hybridized carbons (Fsp3) is 0.391. The van der Waals surface area contributed by atoms with E-state index in [2.05, 4.69) is 5.32 Å². The summed E-state index contributed by atoms with van der Waals surface area (Å²) in [7, 11) is 3.19. The number of methoxy groups -OCH3 is 1. The van der Waals surface area contributed by atoms with Gasteiger partial charge < -0.3 is 19.7 Å². The smallest absolute Gasteiger partial charge is 0.242 e. The van der Waals surface area contributed by atoms with Crippen LogP contribution in [0.25, 0.3) is 0 Å². The van der Waals surface area contributed by atoms with E-state index in [0.717, 1.165) is 11.3 Å². The third-order valence-corrected chi connectivity index (χ3v) is 5.01. The van der Waals surface area contributed by atoms with Crippen molar-refractivity contribution in [3.05, 3.63) is 59.1 Å². The first-order valence-electron chi connectivity index (χ1n) is 10.0. The quantitative estimate of drug-likeness (QED) is 0.544. The lowest BCUT2D eigenvalue weighted by atomic mass is 10.1. The van der Waals surface area contributed by atoms with Crippen molar-refractivity contribution in [1.82, 2.24) is 10.2 Å². The van der Waals surface area contributed by atoms with Crippen molar-refractivity contribution in [1.29, 1.82) is 0 Å². The molecule has 0 radical (unpaired) electrons. The molecule has 0 heterocycles. The second-order valence-electron chi connectivity index (χ2n) is 6.81. The van der Waals surface area contributed by atoms with Gasteiger partial charge in [0.2, 0.25) is 11.8 Å². The van der Waals surface area contributed by atoms with Crippen LogP contribution < -0.4 is 14.8 Å². The van der Waals surface area contributed by atoms with Crippen LogP contribution in [0.2, 0.25) is 5.02 Å². The molecule has 2 rings (SSSR count).